The number of carbonyl (C=O) groups excluding carboxylic acids is 1. The van der Waals surface area contributed by atoms with E-state index < -0.39 is 12.1 Å². The summed E-state index contributed by atoms with van der Waals surface area (Å²) >= 11 is 0. The molecule has 0 saturated heterocycles. The molecule has 0 spiro atoms. The summed E-state index contributed by atoms with van der Waals surface area (Å²) in [5.41, 5.74) is 1.19. The first-order valence-electron chi connectivity index (χ1n) is 6.30. The third-order valence-corrected chi connectivity index (χ3v) is 2.90. The highest BCUT2D eigenvalue weighted by Gasteiger charge is 2.38. The molecule has 1 aromatic heterocycles. The van der Waals surface area contributed by atoms with Gasteiger partial charge in [0, 0.05) is 17.9 Å². The molecule has 0 unspecified atom stereocenters. The number of hydrogen-bond acceptors (Lipinski definition) is 4. The maximum Gasteiger partial charge on any atom is 0.471 e. The normalized spacial score (nSPS) is 11.9. The lowest BCUT2D eigenvalue weighted by atomic mass is 10.0. The molecular formula is C14H13F3N2O2. The molecule has 0 aliphatic rings. The van der Waals surface area contributed by atoms with Crippen LogP contribution in [0.5, 0.6) is 0 Å². The molecule has 4 nitrogen and oxygen atoms in total. The van der Waals surface area contributed by atoms with E-state index in [0.717, 1.165) is 5.56 Å². The molecule has 0 fully saturated rings. The van der Waals surface area contributed by atoms with Crippen molar-refractivity contribution in [3.8, 4) is 11.4 Å². The van der Waals surface area contributed by atoms with Gasteiger partial charge in [-0.1, -0.05) is 43.3 Å². The van der Waals surface area contributed by atoms with Crippen molar-refractivity contribution in [1.29, 1.82) is 0 Å². The van der Waals surface area contributed by atoms with Gasteiger partial charge in [0.1, 0.15) is 5.78 Å². The van der Waals surface area contributed by atoms with Crippen LogP contribution in [0.4, 0.5) is 13.2 Å². The van der Waals surface area contributed by atoms with Crippen LogP contribution in [0, 0.1) is 5.92 Å². The molecule has 0 aliphatic carbocycles. The van der Waals surface area contributed by atoms with Gasteiger partial charge in [-0.15, -0.1) is 0 Å². The number of benzene rings is 1. The number of aromatic nitrogens is 2. The van der Waals surface area contributed by atoms with Crippen LogP contribution in [0.15, 0.2) is 28.8 Å². The van der Waals surface area contributed by atoms with Crippen molar-refractivity contribution >= 4 is 5.78 Å². The summed E-state index contributed by atoms with van der Waals surface area (Å²) in [5, 5.41) is 3.30. The quantitative estimate of drug-likeness (QED) is 0.866. The van der Waals surface area contributed by atoms with Crippen LogP contribution in [0.3, 0.4) is 0 Å². The molecule has 2 aromatic rings. The zero-order chi connectivity index (χ0) is 15.6. The molecule has 0 amide bonds. The van der Waals surface area contributed by atoms with Crippen molar-refractivity contribution in [3.05, 3.63) is 35.7 Å². The highest BCUT2D eigenvalue weighted by atomic mass is 19.4. The number of nitrogens with zero attached hydrogens (tertiary/aromatic N) is 2. The molecule has 0 saturated carbocycles. The fraction of sp³-hybridized carbons (Fsp3) is 0.357. The van der Waals surface area contributed by atoms with Gasteiger partial charge in [0.2, 0.25) is 5.82 Å². The fourth-order valence-corrected chi connectivity index (χ4v) is 1.63. The highest BCUT2D eigenvalue weighted by Crippen LogP contribution is 2.29. The summed E-state index contributed by atoms with van der Waals surface area (Å²) in [6, 6.07) is 6.46. The summed E-state index contributed by atoms with van der Waals surface area (Å²) in [7, 11) is 0. The number of hydrogen-bond donors (Lipinski definition) is 0. The summed E-state index contributed by atoms with van der Waals surface area (Å²) < 4.78 is 41.3. The summed E-state index contributed by atoms with van der Waals surface area (Å²) in [6.07, 6.45) is -4.37. The molecule has 0 bridgehead atoms. The summed E-state index contributed by atoms with van der Waals surface area (Å²) in [6.45, 7) is 3.63. The molecular weight excluding hydrogens is 285 g/mol. The van der Waals surface area contributed by atoms with Crippen LogP contribution in [0.25, 0.3) is 11.4 Å². The van der Waals surface area contributed by atoms with E-state index in [4.69, 9.17) is 0 Å². The number of ketones is 1. The number of rotatable bonds is 4. The maximum absolute atomic E-state index is 12.4. The maximum atomic E-state index is 12.4. The minimum Gasteiger partial charge on any atom is -0.329 e. The largest absolute Gasteiger partial charge is 0.471 e. The third-order valence-electron chi connectivity index (χ3n) is 2.90. The standard InChI is InChI=1S/C14H13F3N2O2/c1-8(2)11(20)7-9-3-5-10(6-4-9)12-18-13(21-19-12)14(15,16)17/h3-6,8H,7H2,1-2H3. The lowest BCUT2D eigenvalue weighted by molar-refractivity contribution is -0.159. The number of alkyl halides is 3. The van der Waals surface area contributed by atoms with Gasteiger partial charge < -0.3 is 4.52 Å². The van der Waals surface area contributed by atoms with E-state index >= 15 is 0 Å². The molecule has 1 aromatic carbocycles. The van der Waals surface area contributed by atoms with E-state index in [1.54, 1.807) is 24.3 Å². The van der Waals surface area contributed by atoms with E-state index in [2.05, 4.69) is 14.7 Å². The summed E-state index contributed by atoms with van der Waals surface area (Å²) in [5.74, 6) is -1.47. The zero-order valence-corrected chi connectivity index (χ0v) is 11.4. The predicted molar refractivity (Wildman–Crippen MR) is 68.3 cm³/mol. The van der Waals surface area contributed by atoms with Crippen molar-refractivity contribution in [1.82, 2.24) is 10.1 Å². The molecule has 0 atom stereocenters. The van der Waals surface area contributed by atoms with E-state index in [1.165, 1.54) is 0 Å². The second-order valence-electron chi connectivity index (χ2n) is 4.92. The monoisotopic (exact) mass is 298 g/mol. The molecule has 0 N–H and O–H groups in total. The zero-order valence-electron chi connectivity index (χ0n) is 11.4. The van der Waals surface area contributed by atoms with Crippen LogP contribution in [-0.4, -0.2) is 15.9 Å². The van der Waals surface area contributed by atoms with Gasteiger partial charge in [0.05, 0.1) is 0 Å². The van der Waals surface area contributed by atoms with Gasteiger partial charge in [-0.2, -0.15) is 18.2 Å². The number of Topliss-reactive ketones (excluding diaryl/α,β-unsaturated/α-hetero) is 1. The van der Waals surface area contributed by atoms with Crippen molar-refractivity contribution in [2.75, 3.05) is 0 Å². The number of carbonyl (C=O) groups is 1. The highest BCUT2D eigenvalue weighted by molar-refractivity contribution is 5.82. The Bertz CT molecular complexity index is 630. The van der Waals surface area contributed by atoms with Crippen LogP contribution < -0.4 is 0 Å². The van der Waals surface area contributed by atoms with Gasteiger partial charge in [-0.25, -0.2) is 0 Å². The van der Waals surface area contributed by atoms with Gasteiger partial charge in [-0.3, -0.25) is 4.79 Å². The topological polar surface area (TPSA) is 56.0 Å². The Morgan fingerprint density at radius 2 is 1.86 bits per heavy atom. The lowest BCUT2D eigenvalue weighted by Crippen LogP contribution is -2.09. The van der Waals surface area contributed by atoms with Crippen LogP contribution in [0.1, 0.15) is 25.3 Å². The van der Waals surface area contributed by atoms with E-state index in [9.17, 15) is 18.0 Å². The average molecular weight is 298 g/mol. The van der Waals surface area contributed by atoms with E-state index in [1.807, 2.05) is 13.8 Å². The Morgan fingerprint density at radius 3 is 2.33 bits per heavy atom. The van der Waals surface area contributed by atoms with Gasteiger partial charge >= 0.3 is 12.1 Å². The Morgan fingerprint density at radius 1 is 1.24 bits per heavy atom. The van der Waals surface area contributed by atoms with Gasteiger partial charge in [0.15, 0.2) is 0 Å². The minimum atomic E-state index is -4.66. The molecule has 1 heterocycles. The van der Waals surface area contributed by atoms with Crippen LogP contribution in [0.2, 0.25) is 0 Å². The molecule has 0 aliphatic heterocycles. The lowest BCUT2D eigenvalue weighted by Gasteiger charge is -2.04. The van der Waals surface area contributed by atoms with Crippen LogP contribution in [-0.2, 0) is 17.4 Å². The molecule has 21 heavy (non-hydrogen) atoms. The van der Waals surface area contributed by atoms with E-state index in [0.29, 0.717) is 5.56 Å². The molecule has 2 rings (SSSR count). The van der Waals surface area contributed by atoms with E-state index in [-0.39, 0.29) is 23.9 Å². The molecule has 112 valence electrons. The summed E-state index contributed by atoms with van der Waals surface area (Å²) in [4.78, 5) is 14.9. The average Bonchev–Trinajstić information content (AvgIpc) is 2.89. The third kappa shape index (κ3) is 3.68. The SMILES string of the molecule is CC(C)C(=O)Cc1ccc(-c2noc(C(F)(F)F)n2)cc1. The Hall–Kier alpha value is -2.18. The van der Waals surface area contributed by atoms with Crippen LogP contribution >= 0.6 is 0 Å². The molecule has 7 heteroatoms. The smallest absolute Gasteiger partial charge is 0.329 e. The Labute approximate surface area is 119 Å². The second-order valence-corrected chi connectivity index (χ2v) is 4.92. The van der Waals surface area contributed by atoms with Crippen molar-refractivity contribution in [2.24, 2.45) is 5.92 Å². The van der Waals surface area contributed by atoms with Crippen molar-refractivity contribution in [3.63, 3.8) is 0 Å². The second kappa shape index (κ2) is 5.67. The number of halogens is 3. The predicted octanol–water partition coefficient (Wildman–Crippen LogP) is 3.52. The first kappa shape index (κ1) is 15.2. The van der Waals surface area contributed by atoms with Gasteiger partial charge in [0.25, 0.3) is 0 Å². The fourth-order valence-electron chi connectivity index (χ4n) is 1.63. The van der Waals surface area contributed by atoms with Gasteiger partial charge in [-0.05, 0) is 5.56 Å². The Balaban J connectivity index is 2.16. The van der Waals surface area contributed by atoms with Crippen molar-refractivity contribution in [2.45, 2.75) is 26.4 Å². The van der Waals surface area contributed by atoms with Crippen molar-refractivity contribution < 1.29 is 22.5 Å². The first-order chi connectivity index (χ1) is 9.77. The first-order valence-corrected chi connectivity index (χ1v) is 6.30. The molecule has 0 radical (unpaired) electrons. The minimum absolute atomic E-state index is 0.0590. The Kier molecular flexibility index (Phi) is 4.11.